The van der Waals surface area contributed by atoms with Gasteiger partial charge < -0.3 is 4.74 Å². The largest absolute Gasteiger partial charge is 0.457 e. The predicted molar refractivity (Wildman–Crippen MR) is 109 cm³/mol. The van der Waals surface area contributed by atoms with Crippen LogP contribution in [0.4, 0.5) is 18.9 Å². The lowest BCUT2D eigenvalue weighted by Gasteiger charge is -2.22. The van der Waals surface area contributed by atoms with Crippen molar-refractivity contribution in [2.45, 2.75) is 19.5 Å². The highest BCUT2D eigenvalue weighted by atomic mass is 32.2. The maximum absolute atomic E-state index is 12.9. The van der Waals surface area contributed by atoms with E-state index in [2.05, 4.69) is 4.72 Å². The van der Waals surface area contributed by atoms with Gasteiger partial charge in [-0.05, 0) is 60.9 Å². The summed E-state index contributed by atoms with van der Waals surface area (Å²) < 4.78 is 70.9. The van der Waals surface area contributed by atoms with E-state index in [1.165, 1.54) is 12.1 Å². The van der Waals surface area contributed by atoms with Gasteiger partial charge in [-0.15, -0.1) is 0 Å². The van der Waals surface area contributed by atoms with Gasteiger partial charge in [-0.25, -0.2) is 8.42 Å². The Bertz CT molecular complexity index is 1200. The Kier molecular flexibility index (Phi) is 4.97. The summed E-state index contributed by atoms with van der Waals surface area (Å²) >= 11 is 0. The van der Waals surface area contributed by atoms with Crippen molar-refractivity contribution in [2.24, 2.45) is 0 Å². The van der Waals surface area contributed by atoms with Gasteiger partial charge in [-0.2, -0.15) is 13.2 Å². The van der Waals surface area contributed by atoms with Crippen LogP contribution in [0.3, 0.4) is 0 Å². The molecule has 30 heavy (non-hydrogen) atoms. The van der Waals surface area contributed by atoms with Crippen LogP contribution in [-0.4, -0.2) is 14.2 Å². The van der Waals surface area contributed by atoms with E-state index >= 15 is 0 Å². The SMILES string of the molecule is Cc1cc2c(c(-c3ccc(Oc4cccc(C(F)(F)F)c4)cc3)c1)NS(=O)(=O)CC2. The number of fused-ring (bicyclic) bond motifs is 1. The molecular weight excluding hydrogens is 415 g/mol. The number of benzene rings is 3. The lowest BCUT2D eigenvalue weighted by molar-refractivity contribution is -0.137. The molecule has 0 saturated carbocycles. The molecule has 8 heteroatoms. The highest BCUT2D eigenvalue weighted by Crippen LogP contribution is 2.37. The van der Waals surface area contributed by atoms with E-state index in [0.29, 0.717) is 17.9 Å². The van der Waals surface area contributed by atoms with Gasteiger partial charge in [0.1, 0.15) is 11.5 Å². The van der Waals surface area contributed by atoms with E-state index in [-0.39, 0.29) is 11.5 Å². The minimum atomic E-state index is -4.44. The molecule has 0 spiro atoms. The standard InChI is InChI=1S/C22H18F3NO3S/c1-14-11-16-9-10-30(27,28)26-21(16)20(12-14)15-5-7-18(8-6-15)29-19-4-2-3-17(13-19)22(23,24)25/h2-8,11-13,26H,9-10H2,1H3. The molecule has 4 rings (SSSR count). The van der Waals surface area contributed by atoms with E-state index in [1.807, 2.05) is 19.1 Å². The molecule has 1 N–H and O–H groups in total. The third-order valence-corrected chi connectivity index (χ3v) is 6.08. The molecule has 0 amide bonds. The van der Waals surface area contributed by atoms with Crippen molar-refractivity contribution < 1.29 is 26.3 Å². The molecule has 3 aromatic carbocycles. The number of aryl methyl sites for hydroxylation is 2. The van der Waals surface area contributed by atoms with E-state index < -0.39 is 21.8 Å². The van der Waals surface area contributed by atoms with Crippen molar-refractivity contribution in [1.29, 1.82) is 0 Å². The summed E-state index contributed by atoms with van der Waals surface area (Å²) in [5, 5.41) is 0. The zero-order valence-corrected chi connectivity index (χ0v) is 16.8. The number of hydrogen-bond acceptors (Lipinski definition) is 3. The average molecular weight is 433 g/mol. The molecule has 0 atom stereocenters. The number of rotatable bonds is 3. The highest BCUT2D eigenvalue weighted by Gasteiger charge is 2.30. The molecule has 0 fully saturated rings. The monoisotopic (exact) mass is 433 g/mol. The first-order valence-electron chi connectivity index (χ1n) is 9.20. The van der Waals surface area contributed by atoms with Gasteiger partial charge in [0.05, 0.1) is 17.0 Å². The van der Waals surface area contributed by atoms with Gasteiger partial charge in [0, 0.05) is 5.56 Å². The molecule has 4 nitrogen and oxygen atoms in total. The van der Waals surface area contributed by atoms with Crippen molar-refractivity contribution in [3.63, 3.8) is 0 Å². The second-order valence-electron chi connectivity index (χ2n) is 7.17. The summed E-state index contributed by atoms with van der Waals surface area (Å²) in [6.07, 6.45) is -4.00. The topological polar surface area (TPSA) is 55.4 Å². The van der Waals surface area contributed by atoms with Gasteiger partial charge in [-0.1, -0.05) is 29.8 Å². The van der Waals surface area contributed by atoms with E-state index in [0.717, 1.165) is 34.4 Å². The van der Waals surface area contributed by atoms with Gasteiger partial charge in [-0.3, -0.25) is 4.72 Å². The van der Waals surface area contributed by atoms with Crippen LogP contribution in [-0.2, 0) is 22.6 Å². The van der Waals surface area contributed by atoms with Crippen LogP contribution in [0.25, 0.3) is 11.1 Å². The van der Waals surface area contributed by atoms with Crippen molar-refractivity contribution in [1.82, 2.24) is 0 Å². The fourth-order valence-corrected chi connectivity index (χ4v) is 4.57. The molecule has 0 unspecified atom stereocenters. The Morgan fingerprint density at radius 2 is 1.70 bits per heavy atom. The van der Waals surface area contributed by atoms with E-state index in [9.17, 15) is 21.6 Å². The average Bonchev–Trinajstić information content (AvgIpc) is 2.68. The lowest BCUT2D eigenvalue weighted by atomic mass is 9.96. The highest BCUT2D eigenvalue weighted by molar-refractivity contribution is 7.92. The van der Waals surface area contributed by atoms with Crippen molar-refractivity contribution in [3.05, 3.63) is 77.4 Å². The molecule has 1 aliphatic rings. The van der Waals surface area contributed by atoms with Gasteiger partial charge in [0.25, 0.3) is 0 Å². The second kappa shape index (κ2) is 7.36. The predicted octanol–water partition coefficient (Wildman–Crippen LogP) is 5.77. The third-order valence-electron chi connectivity index (χ3n) is 4.82. The fourth-order valence-electron chi connectivity index (χ4n) is 3.43. The van der Waals surface area contributed by atoms with Gasteiger partial charge in [0.15, 0.2) is 0 Å². The molecule has 0 aliphatic carbocycles. The van der Waals surface area contributed by atoms with Gasteiger partial charge >= 0.3 is 6.18 Å². The number of alkyl halides is 3. The minimum Gasteiger partial charge on any atom is -0.457 e. The van der Waals surface area contributed by atoms with Crippen LogP contribution in [0.5, 0.6) is 11.5 Å². The number of hydrogen-bond donors (Lipinski definition) is 1. The van der Waals surface area contributed by atoms with Gasteiger partial charge in [0.2, 0.25) is 10.0 Å². The second-order valence-corrected chi connectivity index (χ2v) is 9.01. The molecule has 3 aromatic rings. The van der Waals surface area contributed by atoms with Crippen molar-refractivity contribution >= 4 is 15.7 Å². The Labute approximate surface area is 172 Å². The first-order valence-corrected chi connectivity index (χ1v) is 10.9. The van der Waals surface area contributed by atoms with E-state index in [1.54, 1.807) is 24.3 Å². The summed E-state index contributed by atoms with van der Waals surface area (Å²) in [4.78, 5) is 0. The minimum absolute atomic E-state index is 0.0483. The maximum Gasteiger partial charge on any atom is 0.416 e. The number of nitrogens with one attached hydrogen (secondary N) is 1. The van der Waals surface area contributed by atoms with E-state index in [4.69, 9.17) is 4.74 Å². The van der Waals surface area contributed by atoms with Crippen LogP contribution >= 0.6 is 0 Å². The molecule has 0 radical (unpaired) electrons. The number of halogens is 3. The number of anilines is 1. The summed E-state index contributed by atoms with van der Waals surface area (Å²) in [6.45, 7) is 1.94. The summed E-state index contributed by atoms with van der Waals surface area (Å²) in [5.74, 6) is 0.505. The Morgan fingerprint density at radius 1 is 0.967 bits per heavy atom. The number of sulfonamides is 1. The fraction of sp³-hybridized carbons (Fsp3) is 0.182. The summed E-state index contributed by atoms with van der Waals surface area (Å²) in [6, 6.07) is 15.3. The quantitative estimate of drug-likeness (QED) is 0.570. The maximum atomic E-state index is 12.9. The Hall–Kier alpha value is -3.00. The third kappa shape index (κ3) is 4.28. The Balaban J connectivity index is 1.63. The van der Waals surface area contributed by atoms with Crippen LogP contribution in [0, 0.1) is 6.92 Å². The van der Waals surface area contributed by atoms with Crippen molar-refractivity contribution in [3.8, 4) is 22.6 Å². The molecule has 156 valence electrons. The normalized spacial score (nSPS) is 15.2. The molecule has 1 heterocycles. The van der Waals surface area contributed by atoms with Crippen LogP contribution < -0.4 is 9.46 Å². The molecule has 0 saturated heterocycles. The molecule has 0 bridgehead atoms. The van der Waals surface area contributed by atoms with Crippen LogP contribution in [0.1, 0.15) is 16.7 Å². The van der Waals surface area contributed by atoms with Crippen LogP contribution in [0.2, 0.25) is 0 Å². The smallest absolute Gasteiger partial charge is 0.416 e. The van der Waals surface area contributed by atoms with Crippen LogP contribution in [0.15, 0.2) is 60.7 Å². The van der Waals surface area contributed by atoms with Crippen molar-refractivity contribution in [2.75, 3.05) is 10.5 Å². The first kappa shape index (κ1) is 20.3. The number of ether oxygens (including phenoxy) is 1. The molecule has 1 aliphatic heterocycles. The zero-order chi connectivity index (χ0) is 21.5. The molecule has 0 aromatic heterocycles. The summed E-state index contributed by atoms with van der Waals surface area (Å²) in [7, 11) is -3.37. The summed E-state index contributed by atoms with van der Waals surface area (Å²) in [5.41, 5.74) is 3.25. The lowest BCUT2D eigenvalue weighted by Crippen LogP contribution is -2.24. The first-order chi connectivity index (χ1) is 14.1. The Morgan fingerprint density at radius 3 is 2.40 bits per heavy atom. The zero-order valence-electron chi connectivity index (χ0n) is 16.0. The molecular formula is C22H18F3NO3S.